The van der Waals surface area contributed by atoms with Gasteiger partial charge in [0.25, 0.3) is 5.91 Å². The molecule has 1 aliphatic heterocycles. The van der Waals surface area contributed by atoms with Crippen LogP contribution in [0.15, 0.2) is 24.3 Å². The molecule has 5 aliphatic carbocycles. The third-order valence-electron chi connectivity index (χ3n) is 8.99. The van der Waals surface area contributed by atoms with E-state index in [4.69, 9.17) is 0 Å². The summed E-state index contributed by atoms with van der Waals surface area (Å²) in [6.07, 6.45) is 10.6. The lowest BCUT2D eigenvalue weighted by atomic mass is 9.49. The molecule has 1 aromatic rings. The third-order valence-corrected chi connectivity index (χ3v) is 8.99. The van der Waals surface area contributed by atoms with Gasteiger partial charge in [-0.25, -0.2) is 9.29 Å². The topological polar surface area (TPSA) is 57.7 Å². The van der Waals surface area contributed by atoms with Crippen LogP contribution >= 0.6 is 0 Å². The molecule has 0 radical (unpaired) electrons. The SMILES string of the molecule is O=C1CC(N(C(=O)C23CC4CC(CC(C4)C2)C3)C2CCCC2)C(=O)N1c1ccc(F)cc1. The average molecular weight is 439 g/mol. The number of hydrogen-bond donors (Lipinski definition) is 0. The number of carbonyl (C=O) groups excluding carboxylic acids is 3. The summed E-state index contributed by atoms with van der Waals surface area (Å²) in [6, 6.07) is 4.78. The van der Waals surface area contributed by atoms with Crippen molar-refractivity contribution in [1.29, 1.82) is 0 Å². The second kappa shape index (κ2) is 7.39. The summed E-state index contributed by atoms with van der Waals surface area (Å²) < 4.78 is 13.4. The second-order valence-electron chi connectivity index (χ2n) is 11.1. The highest BCUT2D eigenvalue weighted by Gasteiger charge is 2.58. The van der Waals surface area contributed by atoms with Gasteiger partial charge in [0.15, 0.2) is 0 Å². The van der Waals surface area contributed by atoms with E-state index in [9.17, 15) is 18.8 Å². The molecular weight excluding hydrogens is 407 g/mol. The molecule has 6 heteroatoms. The Labute approximate surface area is 188 Å². The smallest absolute Gasteiger partial charge is 0.257 e. The quantitative estimate of drug-likeness (QED) is 0.653. The molecule has 5 nitrogen and oxygen atoms in total. The van der Waals surface area contributed by atoms with Gasteiger partial charge in [-0.05, 0) is 93.4 Å². The maximum atomic E-state index is 14.3. The molecule has 0 spiro atoms. The highest BCUT2D eigenvalue weighted by Crippen LogP contribution is 2.61. The predicted molar refractivity (Wildman–Crippen MR) is 117 cm³/mol. The van der Waals surface area contributed by atoms with Crippen LogP contribution in [0, 0.1) is 29.0 Å². The molecule has 170 valence electrons. The molecule has 5 saturated carbocycles. The van der Waals surface area contributed by atoms with Crippen LogP contribution in [-0.2, 0) is 14.4 Å². The van der Waals surface area contributed by atoms with E-state index < -0.39 is 11.9 Å². The average Bonchev–Trinajstić information content (AvgIpc) is 3.37. The summed E-state index contributed by atoms with van der Waals surface area (Å²) in [4.78, 5) is 43.8. The van der Waals surface area contributed by atoms with E-state index in [2.05, 4.69) is 0 Å². The Balaban J connectivity index is 1.33. The predicted octanol–water partition coefficient (Wildman–Crippen LogP) is 4.45. The van der Waals surface area contributed by atoms with E-state index in [1.54, 1.807) is 0 Å². The van der Waals surface area contributed by atoms with Crippen LogP contribution in [0.25, 0.3) is 0 Å². The molecule has 32 heavy (non-hydrogen) atoms. The highest BCUT2D eigenvalue weighted by atomic mass is 19.1. The number of hydrogen-bond acceptors (Lipinski definition) is 3. The van der Waals surface area contributed by atoms with Gasteiger partial charge in [-0.15, -0.1) is 0 Å². The van der Waals surface area contributed by atoms with E-state index in [0.29, 0.717) is 23.4 Å². The molecule has 6 fully saturated rings. The van der Waals surface area contributed by atoms with Crippen molar-refractivity contribution in [3.8, 4) is 0 Å². The van der Waals surface area contributed by atoms with Gasteiger partial charge in [0.05, 0.1) is 17.5 Å². The molecule has 4 bridgehead atoms. The van der Waals surface area contributed by atoms with Gasteiger partial charge in [-0.3, -0.25) is 14.4 Å². The van der Waals surface area contributed by atoms with Crippen LogP contribution in [0.1, 0.15) is 70.6 Å². The first-order valence-corrected chi connectivity index (χ1v) is 12.4. The second-order valence-corrected chi connectivity index (χ2v) is 11.1. The number of amides is 3. The van der Waals surface area contributed by atoms with Gasteiger partial charge >= 0.3 is 0 Å². The summed E-state index contributed by atoms with van der Waals surface area (Å²) in [5.41, 5.74) is 0.0572. The minimum absolute atomic E-state index is 0.0326. The normalized spacial score (nSPS) is 36.3. The van der Waals surface area contributed by atoms with E-state index >= 15 is 0 Å². The molecule has 0 aromatic heterocycles. The van der Waals surface area contributed by atoms with E-state index in [0.717, 1.165) is 44.9 Å². The summed E-state index contributed by atoms with van der Waals surface area (Å²) in [5.74, 6) is 1.05. The van der Waals surface area contributed by atoms with Gasteiger partial charge in [-0.1, -0.05) is 12.8 Å². The first-order valence-electron chi connectivity index (χ1n) is 12.4. The summed E-state index contributed by atoms with van der Waals surface area (Å²) in [7, 11) is 0. The fourth-order valence-electron chi connectivity index (χ4n) is 8.09. The zero-order chi connectivity index (χ0) is 22.0. The standard InChI is InChI=1S/C26H31FN2O3/c27-19-5-7-21(8-6-19)29-23(30)12-22(24(29)31)28(20-3-1-2-4-20)25(32)26-13-16-9-17(14-26)11-18(10-16)15-26/h5-8,16-18,20,22H,1-4,9-15H2. The van der Waals surface area contributed by atoms with Gasteiger partial charge < -0.3 is 4.90 Å². The number of imide groups is 1. The summed E-state index contributed by atoms with van der Waals surface area (Å²) in [5, 5.41) is 0. The Morgan fingerprint density at radius 3 is 2.06 bits per heavy atom. The van der Waals surface area contributed by atoms with Crippen LogP contribution in [0.5, 0.6) is 0 Å². The minimum atomic E-state index is -0.726. The molecule has 0 N–H and O–H groups in total. The minimum Gasteiger partial charge on any atom is -0.327 e. The van der Waals surface area contributed by atoms with Crippen LogP contribution in [0.4, 0.5) is 10.1 Å². The van der Waals surface area contributed by atoms with Crippen molar-refractivity contribution in [2.45, 2.75) is 82.7 Å². The Kier molecular flexibility index (Phi) is 4.71. The third kappa shape index (κ3) is 3.12. The molecule has 1 heterocycles. The number of carbonyl (C=O) groups is 3. The fraction of sp³-hybridized carbons (Fsp3) is 0.654. The number of rotatable bonds is 4. The number of anilines is 1. The Morgan fingerprint density at radius 1 is 0.938 bits per heavy atom. The largest absolute Gasteiger partial charge is 0.327 e. The first kappa shape index (κ1) is 20.4. The Morgan fingerprint density at radius 2 is 1.50 bits per heavy atom. The lowest BCUT2D eigenvalue weighted by Crippen LogP contribution is -2.59. The van der Waals surface area contributed by atoms with E-state index in [1.165, 1.54) is 48.4 Å². The maximum absolute atomic E-state index is 14.3. The molecule has 1 aromatic carbocycles. The van der Waals surface area contributed by atoms with Crippen molar-refractivity contribution in [1.82, 2.24) is 4.90 Å². The zero-order valence-corrected chi connectivity index (χ0v) is 18.5. The first-order chi connectivity index (χ1) is 15.4. The van der Waals surface area contributed by atoms with Crippen molar-refractivity contribution >= 4 is 23.4 Å². The van der Waals surface area contributed by atoms with Crippen molar-refractivity contribution in [3.05, 3.63) is 30.1 Å². The van der Waals surface area contributed by atoms with Crippen LogP contribution < -0.4 is 4.90 Å². The number of benzene rings is 1. The van der Waals surface area contributed by atoms with Gasteiger partial charge in [0.1, 0.15) is 11.9 Å². The monoisotopic (exact) mass is 438 g/mol. The van der Waals surface area contributed by atoms with Gasteiger partial charge in [-0.2, -0.15) is 0 Å². The van der Waals surface area contributed by atoms with Crippen LogP contribution in [-0.4, -0.2) is 34.7 Å². The van der Waals surface area contributed by atoms with Gasteiger partial charge in [0.2, 0.25) is 11.8 Å². The molecule has 6 aliphatic rings. The zero-order valence-electron chi connectivity index (χ0n) is 18.5. The molecule has 7 rings (SSSR count). The van der Waals surface area contributed by atoms with Gasteiger partial charge in [0, 0.05) is 6.04 Å². The van der Waals surface area contributed by atoms with Crippen LogP contribution in [0.2, 0.25) is 0 Å². The summed E-state index contributed by atoms with van der Waals surface area (Å²) in [6.45, 7) is 0. The van der Waals surface area contributed by atoms with Crippen molar-refractivity contribution in [2.75, 3.05) is 4.90 Å². The fourth-order valence-corrected chi connectivity index (χ4v) is 8.09. The molecule has 1 atom stereocenters. The van der Waals surface area contributed by atoms with Crippen LogP contribution in [0.3, 0.4) is 0 Å². The molecule has 1 unspecified atom stereocenters. The number of nitrogens with zero attached hydrogens (tertiary/aromatic N) is 2. The highest BCUT2D eigenvalue weighted by molar-refractivity contribution is 6.23. The lowest BCUT2D eigenvalue weighted by Gasteiger charge is -2.57. The Hall–Kier alpha value is -2.24. The molecular formula is C26H31FN2O3. The molecule has 1 saturated heterocycles. The van der Waals surface area contributed by atoms with Crippen molar-refractivity contribution < 1.29 is 18.8 Å². The lowest BCUT2D eigenvalue weighted by molar-refractivity contribution is -0.164. The van der Waals surface area contributed by atoms with Crippen molar-refractivity contribution in [2.24, 2.45) is 23.2 Å². The number of halogens is 1. The van der Waals surface area contributed by atoms with E-state index in [1.807, 2.05) is 4.90 Å². The Bertz CT molecular complexity index is 917. The summed E-state index contributed by atoms with van der Waals surface area (Å²) >= 11 is 0. The maximum Gasteiger partial charge on any atom is 0.257 e. The molecule has 3 amide bonds. The van der Waals surface area contributed by atoms with Crippen molar-refractivity contribution in [3.63, 3.8) is 0 Å². The van der Waals surface area contributed by atoms with E-state index in [-0.39, 0.29) is 35.6 Å².